The third kappa shape index (κ3) is 4.22. The molecule has 0 spiro atoms. The molecular formula is C9H10BF3O3. The van der Waals surface area contributed by atoms with Crippen molar-refractivity contribution in [3.05, 3.63) is 29.8 Å². The summed E-state index contributed by atoms with van der Waals surface area (Å²) in [5, 5.41) is 17.9. The molecule has 1 rings (SSSR count). The molecule has 0 fully saturated rings. The van der Waals surface area contributed by atoms with E-state index in [1.54, 1.807) is 12.1 Å². The number of rotatable bonds is 4. The molecule has 0 aromatic heterocycles. The molecule has 0 amide bonds. The summed E-state index contributed by atoms with van der Waals surface area (Å²) in [7, 11) is -1.72. The van der Waals surface area contributed by atoms with Crippen LogP contribution in [0.25, 0.3) is 0 Å². The molecule has 0 aliphatic carbocycles. The summed E-state index contributed by atoms with van der Waals surface area (Å²) in [5.74, 6) is 0. The predicted octanol–water partition coefficient (Wildman–Crippen LogP) is 0.445. The molecule has 0 saturated carbocycles. The second-order valence-corrected chi connectivity index (χ2v) is 3.18. The van der Waals surface area contributed by atoms with Crippen LogP contribution in [0.5, 0.6) is 0 Å². The largest absolute Gasteiger partial charge is 0.488 e. The zero-order valence-corrected chi connectivity index (χ0v) is 8.24. The molecule has 0 heterocycles. The summed E-state index contributed by atoms with van der Waals surface area (Å²) in [6, 6.07) is 6.03. The molecular weight excluding hydrogens is 224 g/mol. The van der Waals surface area contributed by atoms with Crippen molar-refractivity contribution in [2.45, 2.75) is 12.8 Å². The smallest absolute Gasteiger partial charge is 0.423 e. The van der Waals surface area contributed by atoms with Crippen LogP contribution in [-0.2, 0) is 11.3 Å². The van der Waals surface area contributed by atoms with E-state index in [1.165, 1.54) is 12.1 Å². The topological polar surface area (TPSA) is 49.7 Å². The van der Waals surface area contributed by atoms with Crippen molar-refractivity contribution in [1.82, 2.24) is 0 Å². The molecule has 3 nitrogen and oxygen atoms in total. The predicted molar refractivity (Wildman–Crippen MR) is 52.0 cm³/mol. The van der Waals surface area contributed by atoms with Gasteiger partial charge in [-0.05, 0) is 11.0 Å². The van der Waals surface area contributed by atoms with Gasteiger partial charge in [-0.25, -0.2) is 0 Å². The fraction of sp³-hybridized carbons (Fsp3) is 0.333. The van der Waals surface area contributed by atoms with E-state index in [9.17, 15) is 13.2 Å². The highest BCUT2D eigenvalue weighted by atomic mass is 19.4. The third-order valence-corrected chi connectivity index (χ3v) is 1.86. The highest BCUT2D eigenvalue weighted by Gasteiger charge is 2.27. The Bertz CT molecular complexity index is 341. The Morgan fingerprint density at radius 1 is 1.19 bits per heavy atom. The average molecular weight is 234 g/mol. The summed E-state index contributed by atoms with van der Waals surface area (Å²) in [4.78, 5) is 0. The van der Waals surface area contributed by atoms with Gasteiger partial charge in [-0.1, -0.05) is 24.3 Å². The molecule has 0 saturated heterocycles. The summed E-state index contributed by atoms with van der Waals surface area (Å²) < 4.78 is 39.8. The van der Waals surface area contributed by atoms with Crippen molar-refractivity contribution in [2.75, 3.05) is 6.61 Å². The van der Waals surface area contributed by atoms with Crippen LogP contribution >= 0.6 is 0 Å². The highest BCUT2D eigenvalue weighted by Crippen LogP contribution is 2.15. The number of hydrogen-bond acceptors (Lipinski definition) is 3. The minimum absolute atomic E-state index is 0.143. The zero-order chi connectivity index (χ0) is 12.2. The Morgan fingerprint density at radius 3 is 2.38 bits per heavy atom. The summed E-state index contributed by atoms with van der Waals surface area (Å²) in [6.45, 7) is -1.67. The first-order chi connectivity index (χ1) is 7.40. The Hall–Kier alpha value is -1.05. The van der Waals surface area contributed by atoms with Crippen LogP contribution in [0.1, 0.15) is 5.56 Å². The molecule has 1 aromatic rings. The van der Waals surface area contributed by atoms with Gasteiger partial charge < -0.3 is 14.8 Å². The SMILES string of the molecule is OB(O)c1ccccc1COCC(F)(F)F. The molecule has 7 heteroatoms. The minimum atomic E-state index is -4.38. The van der Waals surface area contributed by atoms with Crippen LogP contribution in [-0.4, -0.2) is 29.9 Å². The van der Waals surface area contributed by atoms with E-state index in [1.807, 2.05) is 0 Å². The Labute approximate surface area is 90.6 Å². The van der Waals surface area contributed by atoms with Gasteiger partial charge in [0.2, 0.25) is 0 Å². The second kappa shape index (κ2) is 5.33. The van der Waals surface area contributed by atoms with Gasteiger partial charge in [-0.2, -0.15) is 13.2 Å². The monoisotopic (exact) mass is 234 g/mol. The molecule has 1 aromatic carbocycles. The zero-order valence-electron chi connectivity index (χ0n) is 8.24. The normalized spacial score (nSPS) is 11.6. The van der Waals surface area contributed by atoms with Crippen molar-refractivity contribution >= 4 is 12.6 Å². The molecule has 88 valence electrons. The summed E-state index contributed by atoms with van der Waals surface area (Å²) >= 11 is 0. The molecule has 0 unspecified atom stereocenters. The van der Waals surface area contributed by atoms with Crippen LogP contribution in [0, 0.1) is 0 Å². The Balaban J connectivity index is 2.60. The first-order valence-corrected chi connectivity index (χ1v) is 4.48. The van der Waals surface area contributed by atoms with Crippen molar-refractivity contribution < 1.29 is 28.0 Å². The second-order valence-electron chi connectivity index (χ2n) is 3.18. The van der Waals surface area contributed by atoms with E-state index in [4.69, 9.17) is 10.0 Å². The van der Waals surface area contributed by atoms with E-state index in [2.05, 4.69) is 4.74 Å². The summed E-state index contributed by atoms with van der Waals surface area (Å²) in [5.41, 5.74) is 0.464. The lowest BCUT2D eigenvalue weighted by Gasteiger charge is -2.10. The van der Waals surface area contributed by atoms with Crippen molar-refractivity contribution in [2.24, 2.45) is 0 Å². The van der Waals surface area contributed by atoms with Crippen LogP contribution in [0.3, 0.4) is 0 Å². The maximum atomic E-state index is 11.8. The molecule has 16 heavy (non-hydrogen) atoms. The third-order valence-electron chi connectivity index (χ3n) is 1.86. The standard InChI is InChI=1S/C9H10BF3O3/c11-9(12,13)6-16-5-7-3-1-2-4-8(7)10(14)15/h1-4,14-15H,5-6H2. The van der Waals surface area contributed by atoms with Gasteiger partial charge in [-0.3, -0.25) is 0 Å². The number of benzene rings is 1. The van der Waals surface area contributed by atoms with E-state index in [-0.39, 0.29) is 12.1 Å². The number of ether oxygens (including phenoxy) is 1. The molecule has 0 radical (unpaired) electrons. The number of hydrogen-bond donors (Lipinski definition) is 2. The van der Waals surface area contributed by atoms with Gasteiger partial charge in [0.05, 0.1) is 6.61 Å². The first kappa shape index (κ1) is 13.0. The Morgan fingerprint density at radius 2 is 1.81 bits per heavy atom. The van der Waals surface area contributed by atoms with Gasteiger partial charge in [0.25, 0.3) is 0 Å². The molecule has 2 N–H and O–H groups in total. The summed E-state index contributed by atoms with van der Waals surface area (Å²) in [6.07, 6.45) is -4.38. The molecule has 0 aliphatic heterocycles. The Kier molecular flexibility index (Phi) is 4.34. The van der Waals surface area contributed by atoms with Gasteiger partial charge >= 0.3 is 13.3 Å². The van der Waals surface area contributed by atoms with E-state index >= 15 is 0 Å². The molecule has 0 atom stereocenters. The molecule has 0 aliphatic rings. The lowest BCUT2D eigenvalue weighted by molar-refractivity contribution is -0.176. The first-order valence-electron chi connectivity index (χ1n) is 4.48. The fourth-order valence-electron chi connectivity index (χ4n) is 1.19. The van der Waals surface area contributed by atoms with Crippen LogP contribution < -0.4 is 5.46 Å². The highest BCUT2D eigenvalue weighted by molar-refractivity contribution is 6.59. The average Bonchev–Trinajstić information content (AvgIpc) is 2.16. The minimum Gasteiger partial charge on any atom is -0.423 e. The lowest BCUT2D eigenvalue weighted by atomic mass is 9.77. The number of alkyl halides is 3. The fourth-order valence-corrected chi connectivity index (χ4v) is 1.19. The maximum absolute atomic E-state index is 11.8. The number of halogens is 3. The van der Waals surface area contributed by atoms with Crippen molar-refractivity contribution in [3.63, 3.8) is 0 Å². The molecule has 0 bridgehead atoms. The lowest BCUT2D eigenvalue weighted by Crippen LogP contribution is -2.33. The van der Waals surface area contributed by atoms with Crippen LogP contribution in [0.4, 0.5) is 13.2 Å². The van der Waals surface area contributed by atoms with Crippen LogP contribution in [0.2, 0.25) is 0 Å². The van der Waals surface area contributed by atoms with Crippen molar-refractivity contribution in [3.8, 4) is 0 Å². The van der Waals surface area contributed by atoms with Gasteiger partial charge in [-0.15, -0.1) is 0 Å². The van der Waals surface area contributed by atoms with Gasteiger partial charge in [0.1, 0.15) is 6.61 Å². The van der Waals surface area contributed by atoms with Crippen LogP contribution in [0.15, 0.2) is 24.3 Å². The van der Waals surface area contributed by atoms with Crippen molar-refractivity contribution in [1.29, 1.82) is 0 Å². The van der Waals surface area contributed by atoms with E-state index in [0.29, 0.717) is 5.56 Å². The van der Waals surface area contributed by atoms with E-state index < -0.39 is 19.9 Å². The van der Waals surface area contributed by atoms with Gasteiger partial charge in [0.15, 0.2) is 0 Å². The van der Waals surface area contributed by atoms with Gasteiger partial charge in [0, 0.05) is 0 Å². The maximum Gasteiger partial charge on any atom is 0.488 e. The van der Waals surface area contributed by atoms with E-state index in [0.717, 1.165) is 0 Å². The quantitative estimate of drug-likeness (QED) is 0.743.